The number of phenolic OH excluding ortho intramolecular Hbond substituents is 1. The fraction of sp³-hybridized carbons (Fsp3) is 0.355. The van der Waals surface area contributed by atoms with Crippen LogP contribution in [-0.4, -0.2) is 82.4 Å². The number of nitrogens with one attached hydrogen (secondary N) is 1. The van der Waals surface area contributed by atoms with Gasteiger partial charge in [0.05, 0.1) is 18.7 Å². The first-order valence-corrected chi connectivity index (χ1v) is 13.8. The first kappa shape index (κ1) is 30.6. The van der Waals surface area contributed by atoms with E-state index >= 15 is 0 Å². The number of primary amides is 1. The molecule has 4 unspecified atom stereocenters. The van der Waals surface area contributed by atoms with Crippen LogP contribution < -0.4 is 15.8 Å². The second-order valence-corrected chi connectivity index (χ2v) is 11.3. The number of carbonyl (C=O) groups excluding carboxylic acids is 3. The summed E-state index contributed by atoms with van der Waals surface area (Å²) in [5, 5.41) is 56.7. The molecule has 0 radical (unpaired) electrons. The summed E-state index contributed by atoms with van der Waals surface area (Å²) >= 11 is 0. The van der Waals surface area contributed by atoms with E-state index in [1.165, 1.54) is 18.1 Å². The lowest BCUT2D eigenvalue weighted by Crippen LogP contribution is -2.63. The van der Waals surface area contributed by atoms with Crippen LogP contribution in [0.15, 0.2) is 53.0 Å². The van der Waals surface area contributed by atoms with Gasteiger partial charge in [-0.15, -0.1) is 0 Å². The van der Waals surface area contributed by atoms with Crippen molar-refractivity contribution in [3.8, 4) is 28.9 Å². The molecular formula is C31H32N4O9. The third kappa shape index (κ3) is 4.55. The summed E-state index contributed by atoms with van der Waals surface area (Å²) < 4.78 is 10.3. The van der Waals surface area contributed by atoms with Gasteiger partial charge in [-0.2, -0.15) is 5.26 Å². The lowest BCUT2D eigenvalue weighted by Gasteiger charge is -2.50. The zero-order valence-electron chi connectivity index (χ0n) is 24.2. The fourth-order valence-electron chi connectivity index (χ4n) is 6.86. The van der Waals surface area contributed by atoms with Gasteiger partial charge in [-0.3, -0.25) is 24.6 Å². The Morgan fingerprint density at radius 3 is 2.55 bits per heavy atom. The van der Waals surface area contributed by atoms with Gasteiger partial charge >= 0.3 is 0 Å². The predicted octanol–water partition coefficient (Wildman–Crippen LogP) is 1.34. The van der Waals surface area contributed by atoms with E-state index in [0.29, 0.717) is 29.0 Å². The van der Waals surface area contributed by atoms with Crippen molar-refractivity contribution in [2.75, 3.05) is 27.9 Å². The number of hydrogen-bond donors (Lipinski definition) is 6. The summed E-state index contributed by atoms with van der Waals surface area (Å²) in [6, 6.07) is 7.33. The van der Waals surface area contributed by atoms with Gasteiger partial charge < -0.3 is 35.6 Å². The van der Waals surface area contributed by atoms with Crippen molar-refractivity contribution < 1.29 is 44.3 Å². The largest absolute Gasteiger partial charge is 0.510 e. The zero-order chi connectivity index (χ0) is 32.1. The summed E-state index contributed by atoms with van der Waals surface area (Å²) in [7, 11) is 4.65. The van der Waals surface area contributed by atoms with Gasteiger partial charge in [-0.25, -0.2) is 0 Å². The maximum Gasteiger partial charge on any atom is 0.287 e. The molecule has 0 heterocycles. The number of hydrogen-bond acceptors (Lipinski definition) is 12. The lowest BCUT2D eigenvalue weighted by atomic mass is 9.58. The number of nitriles is 1. The van der Waals surface area contributed by atoms with Crippen LogP contribution in [-0.2, 0) is 27.3 Å². The first-order valence-electron chi connectivity index (χ1n) is 13.8. The number of Topliss-reactive ketones (excluding diaryl/α,β-unsaturated/α-hetero) is 2. The van der Waals surface area contributed by atoms with E-state index in [1.807, 2.05) is 12.1 Å². The third-order valence-corrected chi connectivity index (χ3v) is 8.73. The number of benzene rings is 2. The number of amides is 1. The van der Waals surface area contributed by atoms with E-state index in [4.69, 9.17) is 15.7 Å². The fourth-order valence-corrected chi connectivity index (χ4v) is 6.86. The van der Waals surface area contributed by atoms with Crippen molar-refractivity contribution in [1.29, 1.82) is 5.26 Å². The standard InChI is InChI=1S/C31H32N4O9/c1-35(2)25-19-10-15-9-18-16(17-8-14(4-7-21(17)43-3)11-34-13-44-12-32)5-6-20(36)23(18)26(37)22(15)28(39)31(19,42)29(40)24(27(25)38)30(33)41/h4-8,15,19,25,34,36,38-39,42H,9-11,13H2,1-3H3,(H2,33,41). The molecule has 0 spiro atoms. The van der Waals surface area contributed by atoms with Crippen LogP contribution in [0.5, 0.6) is 11.5 Å². The number of phenols is 1. The van der Waals surface area contributed by atoms with Crippen molar-refractivity contribution in [2.24, 2.45) is 17.6 Å². The molecule has 230 valence electrons. The summed E-state index contributed by atoms with van der Waals surface area (Å²) in [6.45, 7) is 0.364. The Labute approximate surface area is 252 Å². The van der Waals surface area contributed by atoms with Gasteiger partial charge in [0.1, 0.15) is 28.6 Å². The first-order chi connectivity index (χ1) is 20.9. The molecule has 0 aliphatic heterocycles. The number of rotatable bonds is 8. The van der Waals surface area contributed by atoms with Crippen molar-refractivity contribution in [3.05, 3.63) is 69.7 Å². The molecule has 44 heavy (non-hydrogen) atoms. The Morgan fingerprint density at radius 1 is 1.18 bits per heavy atom. The Morgan fingerprint density at radius 2 is 1.91 bits per heavy atom. The molecule has 3 aliphatic carbocycles. The van der Waals surface area contributed by atoms with Crippen molar-refractivity contribution >= 4 is 17.5 Å². The number of nitrogens with zero attached hydrogens (tertiary/aromatic N) is 2. The molecule has 7 N–H and O–H groups in total. The van der Waals surface area contributed by atoms with E-state index in [2.05, 4.69) is 10.1 Å². The highest BCUT2D eigenvalue weighted by Gasteiger charge is 2.63. The van der Waals surface area contributed by atoms with Crippen LogP contribution in [0.4, 0.5) is 0 Å². The van der Waals surface area contributed by atoms with E-state index in [0.717, 1.165) is 5.56 Å². The number of aliphatic hydroxyl groups is 3. The minimum Gasteiger partial charge on any atom is -0.510 e. The Hall–Kier alpha value is -4.90. The number of ketones is 2. The second kappa shape index (κ2) is 11.3. The second-order valence-electron chi connectivity index (χ2n) is 11.3. The van der Waals surface area contributed by atoms with E-state index in [1.54, 1.807) is 32.5 Å². The van der Waals surface area contributed by atoms with Gasteiger partial charge in [0, 0.05) is 23.6 Å². The topological polar surface area (TPSA) is 216 Å². The minimum absolute atomic E-state index is 0.0108. The Kier molecular flexibility index (Phi) is 7.85. The molecule has 3 aliphatic rings. The van der Waals surface area contributed by atoms with Gasteiger partial charge in [0.25, 0.3) is 12.2 Å². The number of allylic oxidation sites excluding steroid dienone is 1. The summed E-state index contributed by atoms with van der Waals surface area (Å²) in [5.41, 5.74) is 3.97. The van der Waals surface area contributed by atoms with Gasteiger partial charge in [0.15, 0.2) is 18.1 Å². The Balaban J connectivity index is 1.66. The van der Waals surface area contributed by atoms with Crippen LogP contribution >= 0.6 is 0 Å². The normalized spacial score (nSPS) is 24.4. The Bertz CT molecular complexity index is 1690. The van der Waals surface area contributed by atoms with Crippen molar-refractivity contribution in [1.82, 2.24) is 10.2 Å². The van der Waals surface area contributed by atoms with E-state index < -0.39 is 58.0 Å². The SMILES string of the molecule is COc1ccc(CNCOC#N)cc1-c1ccc(O)c2c1CC1CC3C(N(C)C)C(O)=C(C(N)=O)C(=O)C3(O)C(O)=C1C2=O. The molecule has 2 aromatic rings. The number of carbonyl (C=O) groups is 3. The highest BCUT2D eigenvalue weighted by molar-refractivity contribution is 6.25. The summed E-state index contributed by atoms with van der Waals surface area (Å²) in [5.74, 6) is -6.62. The van der Waals surface area contributed by atoms with E-state index in [9.17, 15) is 34.8 Å². The maximum atomic E-state index is 14.1. The highest BCUT2D eigenvalue weighted by atomic mass is 16.5. The molecule has 0 bridgehead atoms. The zero-order valence-corrected chi connectivity index (χ0v) is 24.2. The monoisotopic (exact) mass is 604 g/mol. The van der Waals surface area contributed by atoms with Gasteiger partial charge in [0.2, 0.25) is 5.78 Å². The smallest absolute Gasteiger partial charge is 0.287 e. The third-order valence-electron chi connectivity index (χ3n) is 8.73. The number of methoxy groups -OCH3 is 1. The van der Waals surface area contributed by atoms with Gasteiger partial charge in [-0.1, -0.05) is 12.1 Å². The van der Waals surface area contributed by atoms with Crippen LogP contribution in [0.2, 0.25) is 0 Å². The predicted molar refractivity (Wildman–Crippen MR) is 154 cm³/mol. The maximum absolute atomic E-state index is 14.1. The molecule has 1 amide bonds. The lowest BCUT2D eigenvalue weighted by molar-refractivity contribution is -0.148. The molecule has 13 nitrogen and oxygen atoms in total. The molecule has 0 fully saturated rings. The molecule has 4 atom stereocenters. The molecule has 2 aromatic carbocycles. The van der Waals surface area contributed by atoms with Crippen molar-refractivity contribution in [2.45, 2.75) is 31.0 Å². The molecule has 13 heteroatoms. The van der Waals surface area contributed by atoms with Crippen LogP contribution in [0.3, 0.4) is 0 Å². The highest BCUT2D eigenvalue weighted by Crippen LogP contribution is 2.53. The van der Waals surface area contributed by atoms with Crippen molar-refractivity contribution in [3.63, 3.8) is 0 Å². The van der Waals surface area contributed by atoms with Crippen LogP contribution in [0, 0.1) is 23.4 Å². The average molecular weight is 605 g/mol. The summed E-state index contributed by atoms with van der Waals surface area (Å²) in [4.78, 5) is 41.2. The average Bonchev–Trinajstić information content (AvgIpc) is 2.97. The number of nitrogens with two attached hydrogens (primary N) is 1. The molecule has 0 saturated carbocycles. The summed E-state index contributed by atoms with van der Waals surface area (Å²) in [6.07, 6.45) is 1.68. The number of aliphatic hydroxyl groups excluding tert-OH is 2. The molecular weight excluding hydrogens is 572 g/mol. The van der Waals surface area contributed by atoms with Gasteiger partial charge in [-0.05, 0) is 67.7 Å². The molecule has 0 saturated heterocycles. The van der Waals surface area contributed by atoms with E-state index in [-0.39, 0.29) is 36.5 Å². The number of ether oxygens (including phenoxy) is 2. The molecule has 0 aromatic heterocycles. The minimum atomic E-state index is -2.71. The number of fused-ring (bicyclic) bond motifs is 3. The van der Waals surface area contributed by atoms with Crippen LogP contribution in [0.25, 0.3) is 11.1 Å². The number of likely N-dealkylation sites (N-methyl/N-ethyl adjacent to an activating group) is 1. The quantitative estimate of drug-likeness (QED) is 0.109. The number of aromatic hydroxyl groups is 1. The van der Waals surface area contributed by atoms with Crippen LogP contribution in [0.1, 0.15) is 27.9 Å². The molecule has 5 rings (SSSR count).